The number of halogens is 1. The van der Waals surface area contributed by atoms with E-state index in [1.165, 1.54) is 23.5 Å². The maximum Gasteiger partial charge on any atom is 0.264 e. The zero-order chi connectivity index (χ0) is 27.8. The molecule has 0 aromatic heterocycles. The highest BCUT2D eigenvalue weighted by atomic mass is 35.5. The number of benzene rings is 4. The summed E-state index contributed by atoms with van der Waals surface area (Å²) in [5, 5.41) is 3.42. The zero-order valence-electron chi connectivity index (χ0n) is 21.6. The predicted octanol–water partition coefficient (Wildman–Crippen LogP) is 5.86. The number of aryl methyl sites for hydroxylation is 1. The molecule has 39 heavy (non-hydrogen) atoms. The summed E-state index contributed by atoms with van der Waals surface area (Å²) in [5.41, 5.74) is 2.21. The molecule has 4 rings (SSSR count). The van der Waals surface area contributed by atoms with Gasteiger partial charge in [0.05, 0.1) is 36.3 Å². The number of anilines is 1. The van der Waals surface area contributed by atoms with Crippen LogP contribution in [0.4, 0.5) is 5.69 Å². The van der Waals surface area contributed by atoms with E-state index < -0.39 is 15.9 Å². The first-order chi connectivity index (χ1) is 18.8. The van der Waals surface area contributed by atoms with E-state index in [1.54, 1.807) is 42.5 Å². The number of nitrogens with one attached hydrogen (secondary N) is 1. The molecule has 1 amide bonds. The smallest absolute Gasteiger partial charge is 0.264 e. The van der Waals surface area contributed by atoms with Crippen molar-refractivity contribution in [1.82, 2.24) is 5.32 Å². The Labute approximate surface area is 234 Å². The molecule has 7 nitrogen and oxygen atoms in total. The molecule has 0 heterocycles. The Morgan fingerprint density at radius 2 is 1.56 bits per heavy atom. The Morgan fingerprint density at radius 1 is 0.897 bits per heavy atom. The number of methoxy groups -OCH3 is 1. The SMILES string of the molecule is COc1ccc(S(=O)(=O)N(Cc2ccccc2)c2ccccc2C(=O)NCCOc2ccc(C)c(Cl)c2)cc1. The van der Waals surface area contributed by atoms with Gasteiger partial charge in [-0.25, -0.2) is 8.42 Å². The number of carbonyl (C=O) groups is 1. The highest BCUT2D eigenvalue weighted by Gasteiger charge is 2.28. The lowest BCUT2D eigenvalue weighted by molar-refractivity contribution is 0.0947. The standard InChI is InChI=1S/C30H29ClN2O5S/c1-22-12-13-25(20-28(22)31)38-19-18-32-30(34)27-10-6-7-11-29(27)33(21-23-8-4-3-5-9-23)39(35,36)26-16-14-24(37-2)15-17-26/h3-17,20H,18-19,21H2,1-2H3,(H,32,34). The second-order valence-corrected chi connectivity index (χ2v) is 11.0. The van der Waals surface area contributed by atoms with Crippen molar-refractivity contribution in [2.24, 2.45) is 0 Å². The molecule has 0 aliphatic heterocycles. The monoisotopic (exact) mass is 564 g/mol. The minimum Gasteiger partial charge on any atom is -0.497 e. The van der Waals surface area contributed by atoms with Crippen molar-refractivity contribution in [3.8, 4) is 11.5 Å². The van der Waals surface area contributed by atoms with Gasteiger partial charge in [-0.1, -0.05) is 60.1 Å². The molecule has 0 radical (unpaired) electrons. The maximum atomic E-state index is 13.9. The van der Waals surface area contributed by atoms with Crippen LogP contribution in [0.1, 0.15) is 21.5 Å². The summed E-state index contributed by atoms with van der Waals surface area (Å²) in [6.45, 7) is 2.37. The Morgan fingerprint density at radius 3 is 2.26 bits per heavy atom. The topological polar surface area (TPSA) is 84.9 Å². The molecule has 4 aromatic carbocycles. The van der Waals surface area contributed by atoms with Crippen molar-refractivity contribution in [2.45, 2.75) is 18.4 Å². The van der Waals surface area contributed by atoms with Gasteiger partial charge in [0.15, 0.2) is 0 Å². The first kappa shape index (κ1) is 28.0. The Hall–Kier alpha value is -4.01. The van der Waals surface area contributed by atoms with Crippen LogP contribution in [0.25, 0.3) is 0 Å². The molecule has 0 spiro atoms. The predicted molar refractivity (Wildman–Crippen MR) is 153 cm³/mol. The van der Waals surface area contributed by atoms with Crippen LogP contribution in [0.15, 0.2) is 102 Å². The quantitative estimate of drug-likeness (QED) is 0.231. The number of sulfonamides is 1. The molecule has 0 fully saturated rings. The number of hydrogen-bond acceptors (Lipinski definition) is 5. The van der Waals surface area contributed by atoms with Crippen LogP contribution in [-0.2, 0) is 16.6 Å². The summed E-state index contributed by atoms with van der Waals surface area (Å²) in [6, 6.07) is 27.4. The first-order valence-electron chi connectivity index (χ1n) is 12.3. The summed E-state index contributed by atoms with van der Waals surface area (Å²) < 4.78 is 39.9. The van der Waals surface area contributed by atoms with E-state index in [1.807, 2.05) is 49.4 Å². The lowest BCUT2D eigenvalue weighted by atomic mass is 10.1. The number of nitrogens with zero attached hydrogens (tertiary/aromatic N) is 1. The van der Waals surface area contributed by atoms with E-state index in [0.29, 0.717) is 16.5 Å². The third-order valence-electron chi connectivity index (χ3n) is 6.03. The van der Waals surface area contributed by atoms with E-state index in [0.717, 1.165) is 11.1 Å². The third-order valence-corrected chi connectivity index (χ3v) is 8.21. The average molecular weight is 565 g/mol. The average Bonchev–Trinajstić information content (AvgIpc) is 2.96. The van der Waals surface area contributed by atoms with Gasteiger partial charge in [0, 0.05) is 5.02 Å². The van der Waals surface area contributed by atoms with Crippen molar-refractivity contribution in [1.29, 1.82) is 0 Å². The van der Waals surface area contributed by atoms with Gasteiger partial charge in [0.25, 0.3) is 15.9 Å². The molecule has 0 aliphatic carbocycles. The minimum atomic E-state index is -4.04. The molecule has 1 N–H and O–H groups in total. The van der Waals surface area contributed by atoms with Crippen molar-refractivity contribution in [3.05, 3.63) is 119 Å². The van der Waals surface area contributed by atoms with Crippen LogP contribution < -0.4 is 19.1 Å². The molecule has 0 saturated carbocycles. The molecular weight excluding hydrogens is 536 g/mol. The van der Waals surface area contributed by atoms with Gasteiger partial charge in [-0.15, -0.1) is 0 Å². The molecule has 4 aromatic rings. The molecule has 0 unspecified atom stereocenters. The number of carbonyl (C=O) groups excluding carboxylic acids is 1. The van der Waals surface area contributed by atoms with Crippen molar-refractivity contribution in [3.63, 3.8) is 0 Å². The van der Waals surface area contributed by atoms with Crippen LogP contribution in [0, 0.1) is 6.92 Å². The Balaban J connectivity index is 1.58. The summed E-state index contributed by atoms with van der Waals surface area (Å²) in [7, 11) is -2.53. The lowest BCUT2D eigenvalue weighted by Gasteiger charge is -2.26. The summed E-state index contributed by atoms with van der Waals surface area (Å²) >= 11 is 6.15. The third kappa shape index (κ3) is 6.90. The Kier molecular flexibility index (Phi) is 9.11. The second kappa shape index (κ2) is 12.7. The fourth-order valence-corrected chi connectivity index (χ4v) is 5.54. The van der Waals surface area contributed by atoms with Crippen LogP contribution in [0.2, 0.25) is 5.02 Å². The van der Waals surface area contributed by atoms with E-state index >= 15 is 0 Å². The van der Waals surface area contributed by atoms with Gasteiger partial charge in [-0.2, -0.15) is 0 Å². The lowest BCUT2D eigenvalue weighted by Crippen LogP contribution is -2.34. The number of ether oxygens (including phenoxy) is 2. The fraction of sp³-hybridized carbons (Fsp3) is 0.167. The molecule has 0 atom stereocenters. The number of hydrogen-bond donors (Lipinski definition) is 1. The van der Waals surface area contributed by atoms with Crippen molar-refractivity contribution >= 4 is 33.2 Å². The van der Waals surface area contributed by atoms with E-state index in [9.17, 15) is 13.2 Å². The van der Waals surface area contributed by atoms with Crippen LogP contribution >= 0.6 is 11.6 Å². The van der Waals surface area contributed by atoms with Gasteiger partial charge < -0.3 is 14.8 Å². The highest BCUT2D eigenvalue weighted by Crippen LogP contribution is 2.30. The normalized spacial score (nSPS) is 11.1. The van der Waals surface area contributed by atoms with Gasteiger partial charge in [0.1, 0.15) is 18.1 Å². The summed E-state index contributed by atoms with van der Waals surface area (Å²) in [4.78, 5) is 13.3. The molecule has 0 bridgehead atoms. The van der Waals surface area contributed by atoms with Crippen LogP contribution in [-0.4, -0.2) is 34.6 Å². The zero-order valence-corrected chi connectivity index (χ0v) is 23.2. The molecule has 0 saturated heterocycles. The summed E-state index contributed by atoms with van der Waals surface area (Å²) in [6.07, 6.45) is 0. The number of rotatable bonds is 11. The summed E-state index contributed by atoms with van der Waals surface area (Å²) in [5.74, 6) is 0.720. The van der Waals surface area contributed by atoms with Crippen molar-refractivity contribution < 1.29 is 22.7 Å². The van der Waals surface area contributed by atoms with E-state index in [4.69, 9.17) is 21.1 Å². The largest absolute Gasteiger partial charge is 0.497 e. The maximum absolute atomic E-state index is 13.9. The molecule has 0 aliphatic rings. The van der Waals surface area contributed by atoms with Gasteiger partial charge in [-0.3, -0.25) is 9.10 Å². The van der Waals surface area contributed by atoms with Gasteiger partial charge in [-0.05, 0) is 66.6 Å². The number of para-hydroxylation sites is 1. The fourth-order valence-electron chi connectivity index (χ4n) is 3.90. The van der Waals surface area contributed by atoms with E-state index in [-0.39, 0.29) is 35.8 Å². The number of amides is 1. The first-order valence-corrected chi connectivity index (χ1v) is 14.1. The molecule has 202 valence electrons. The van der Waals surface area contributed by atoms with E-state index in [2.05, 4.69) is 5.32 Å². The second-order valence-electron chi connectivity index (χ2n) is 8.71. The van der Waals surface area contributed by atoms with Gasteiger partial charge >= 0.3 is 0 Å². The van der Waals surface area contributed by atoms with Crippen LogP contribution in [0.5, 0.6) is 11.5 Å². The highest BCUT2D eigenvalue weighted by molar-refractivity contribution is 7.92. The minimum absolute atomic E-state index is 0.0385. The molecule has 9 heteroatoms. The van der Waals surface area contributed by atoms with Crippen molar-refractivity contribution in [2.75, 3.05) is 24.6 Å². The van der Waals surface area contributed by atoms with Gasteiger partial charge in [0.2, 0.25) is 0 Å². The Bertz CT molecular complexity index is 1530. The van der Waals surface area contributed by atoms with Crippen LogP contribution in [0.3, 0.4) is 0 Å². The molecular formula is C30H29ClN2O5S.